The van der Waals surface area contributed by atoms with E-state index < -0.39 is 0 Å². The second-order valence-corrected chi connectivity index (χ2v) is 5.82. The number of hydrogen-bond donors (Lipinski definition) is 0. The van der Waals surface area contributed by atoms with Crippen molar-refractivity contribution in [2.75, 3.05) is 13.1 Å². The van der Waals surface area contributed by atoms with Crippen LogP contribution in [0.2, 0.25) is 0 Å². The number of carbonyl (C=O) groups is 2. The lowest BCUT2D eigenvalue weighted by Gasteiger charge is -2.36. The highest BCUT2D eigenvalue weighted by Gasteiger charge is 2.41. The summed E-state index contributed by atoms with van der Waals surface area (Å²) in [6.07, 6.45) is 4.96. The Bertz CT molecular complexity index is 322. The first-order valence-electron chi connectivity index (χ1n) is 7.03. The highest BCUT2D eigenvalue weighted by molar-refractivity contribution is 5.81. The van der Waals surface area contributed by atoms with Crippen LogP contribution in [-0.4, -0.2) is 35.5 Å². The largest absolute Gasteiger partial charge is 0.443 e. The minimum atomic E-state index is -0.265. The van der Waals surface area contributed by atoms with E-state index in [4.69, 9.17) is 4.74 Å². The van der Waals surface area contributed by atoms with Gasteiger partial charge in [0.15, 0.2) is 0 Å². The maximum Gasteiger partial charge on any atom is 0.410 e. The van der Waals surface area contributed by atoms with Gasteiger partial charge in [-0.15, -0.1) is 0 Å². The Labute approximate surface area is 109 Å². The lowest BCUT2D eigenvalue weighted by atomic mass is 9.88. The molecular formula is C14H23NO3. The van der Waals surface area contributed by atoms with Gasteiger partial charge in [0, 0.05) is 25.9 Å². The zero-order valence-corrected chi connectivity index (χ0v) is 11.4. The lowest BCUT2D eigenvalue weighted by molar-refractivity contribution is -0.121. The van der Waals surface area contributed by atoms with Gasteiger partial charge in [0.25, 0.3) is 0 Å². The summed E-state index contributed by atoms with van der Waals surface area (Å²) in [7, 11) is 0. The highest BCUT2D eigenvalue weighted by Crippen LogP contribution is 2.39. The summed E-state index contributed by atoms with van der Waals surface area (Å²) in [4.78, 5) is 25.0. The van der Waals surface area contributed by atoms with Crippen molar-refractivity contribution in [3.63, 3.8) is 0 Å². The Hall–Kier alpha value is -1.06. The monoisotopic (exact) mass is 253 g/mol. The molecule has 2 aliphatic rings. The molecule has 0 atom stereocenters. The van der Waals surface area contributed by atoms with E-state index in [0.29, 0.717) is 31.8 Å². The predicted octanol–water partition coefficient (Wildman–Crippen LogP) is 2.76. The van der Waals surface area contributed by atoms with Crippen LogP contribution in [0.5, 0.6) is 0 Å². The van der Waals surface area contributed by atoms with E-state index >= 15 is 0 Å². The van der Waals surface area contributed by atoms with Gasteiger partial charge in [0.1, 0.15) is 11.4 Å². The van der Waals surface area contributed by atoms with E-state index in [-0.39, 0.29) is 17.5 Å². The number of ether oxygens (including phenoxy) is 1. The van der Waals surface area contributed by atoms with Gasteiger partial charge in [0.05, 0.1) is 0 Å². The van der Waals surface area contributed by atoms with Crippen LogP contribution in [0.3, 0.4) is 0 Å². The number of likely N-dealkylation sites (tertiary alicyclic amines) is 1. The number of piperidine rings is 1. The average Bonchev–Trinajstić information content (AvgIpc) is 2.79. The van der Waals surface area contributed by atoms with Gasteiger partial charge in [-0.05, 0) is 31.6 Å². The standard InChI is InChI=1S/C14H23NO3/c1-11(2)14(7-3-4-8-14)18-13(17)15-9-5-12(16)6-10-15/h11H,3-10H2,1-2H3. The summed E-state index contributed by atoms with van der Waals surface area (Å²) in [5.41, 5.74) is -0.265. The van der Waals surface area contributed by atoms with Crippen molar-refractivity contribution in [3.8, 4) is 0 Å². The van der Waals surface area contributed by atoms with Crippen molar-refractivity contribution >= 4 is 11.9 Å². The highest BCUT2D eigenvalue weighted by atomic mass is 16.6. The van der Waals surface area contributed by atoms with Crippen molar-refractivity contribution in [2.24, 2.45) is 5.92 Å². The molecule has 1 amide bonds. The lowest BCUT2D eigenvalue weighted by Crippen LogP contribution is -2.45. The molecular weight excluding hydrogens is 230 g/mol. The molecule has 0 radical (unpaired) electrons. The van der Waals surface area contributed by atoms with Gasteiger partial charge in [-0.3, -0.25) is 4.79 Å². The average molecular weight is 253 g/mol. The van der Waals surface area contributed by atoms with Crippen molar-refractivity contribution < 1.29 is 14.3 Å². The van der Waals surface area contributed by atoms with Crippen molar-refractivity contribution in [2.45, 2.75) is 58.0 Å². The maximum atomic E-state index is 12.2. The van der Waals surface area contributed by atoms with Gasteiger partial charge in [0.2, 0.25) is 0 Å². The van der Waals surface area contributed by atoms with Crippen LogP contribution in [0.15, 0.2) is 0 Å². The molecule has 4 heteroatoms. The molecule has 0 unspecified atom stereocenters. The zero-order chi connectivity index (χ0) is 13.2. The molecule has 1 aliphatic heterocycles. The normalized spacial score (nSPS) is 23.5. The molecule has 2 rings (SSSR count). The Kier molecular flexibility index (Phi) is 3.93. The van der Waals surface area contributed by atoms with E-state index in [1.807, 2.05) is 0 Å². The van der Waals surface area contributed by atoms with E-state index in [9.17, 15) is 9.59 Å². The van der Waals surface area contributed by atoms with E-state index in [0.717, 1.165) is 25.7 Å². The van der Waals surface area contributed by atoms with Gasteiger partial charge in [-0.2, -0.15) is 0 Å². The smallest absolute Gasteiger partial charge is 0.410 e. The van der Waals surface area contributed by atoms with Crippen molar-refractivity contribution in [3.05, 3.63) is 0 Å². The molecule has 0 aromatic rings. The number of ketones is 1. The molecule has 102 valence electrons. The SMILES string of the molecule is CC(C)C1(OC(=O)N2CCC(=O)CC2)CCCC1. The Morgan fingerprint density at radius 2 is 1.78 bits per heavy atom. The molecule has 18 heavy (non-hydrogen) atoms. The second kappa shape index (κ2) is 5.29. The summed E-state index contributed by atoms with van der Waals surface area (Å²) in [6, 6.07) is 0. The molecule has 1 saturated heterocycles. The Morgan fingerprint density at radius 1 is 1.22 bits per heavy atom. The predicted molar refractivity (Wildman–Crippen MR) is 68.3 cm³/mol. The van der Waals surface area contributed by atoms with Crippen molar-refractivity contribution in [1.82, 2.24) is 4.90 Å². The van der Waals surface area contributed by atoms with E-state index in [1.54, 1.807) is 4.90 Å². The molecule has 0 aromatic heterocycles. The van der Waals surface area contributed by atoms with E-state index in [2.05, 4.69) is 13.8 Å². The van der Waals surface area contributed by atoms with Gasteiger partial charge in [-0.1, -0.05) is 13.8 Å². The third kappa shape index (κ3) is 2.68. The molecule has 2 fully saturated rings. The van der Waals surface area contributed by atoms with Gasteiger partial charge >= 0.3 is 6.09 Å². The summed E-state index contributed by atoms with van der Waals surface area (Å²) >= 11 is 0. The van der Waals surface area contributed by atoms with Crippen LogP contribution in [0, 0.1) is 5.92 Å². The fourth-order valence-corrected chi connectivity index (χ4v) is 2.95. The molecule has 1 heterocycles. The number of nitrogens with zero attached hydrogens (tertiary/aromatic N) is 1. The third-order valence-corrected chi connectivity index (χ3v) is 4.37. The maximum absolute atomic E-state index is 12.2. The number of rotatable bonds is 2. The Balaban J connectivity index is 1.95. The van der Waals surface area contributed by atoms with E-state index in [1.165, 1.54) is 0 Å². The van der Waals surface area contributed by atoms with Crippen LogP contribution in [-0.2, 0) is 9.53 Å². The van der Waals surface area contributed by atoms with Crippen molar-refractivity contribution in [1.29, 1.82) is 0 Å². The molecule has 0 N–H and O–H groups in total. The quantitative estimate of drug-likeness (QED) is 0.760. The molecule has 0 spiro atoms. The number of amides is 1. The number of hydrogen-bond acceptors (Lipinski definition) is 3. The summed E-state index contributed by atoms with van der Waals surface area (Å²) < 4.78 is 5.81. The van der Waals surface area contributed by atoms with Gasteiger partial charge < -0.3 is 9.64 Å². The number of carbonyl (C=O) groups excluding carboxylic acids is 2. The zero-order valence-electron chi connectivity index (χ0n) is 11.4. The minimum absolute atomic E-state index is 0.224. The molecule has 1 aliphatic carbocycles. The minimum Gasteiger partial charge on any atom is -0.443 e. The van der Waals surface area contributed by atoms with Gasteiger partial charge in [-0.25, -0.2) is 4.79 Å². The third-order valence-electron chi connectivity index (χ3n) is 4.37. The van der Waals surface area contributed by atoms with Crippen LogP contribution in [0.25, 0.3) is 0 Å². The van der Waals surface area contributed by atoms with Crippen LogP contribution >= 0.6 is 0 Å². The summed E-state index contributed by atoms with van der Waals surface area (Å²) in [6.45, 7) is 5.29. The fraction of sp³-hybridized carbons (Fsp3) is 0.857. The van der Waals surface area contributed by atoms with Crippen LogP contribution < -0.4 is 0 Å². The first-order valence-corrected chi connectivity index (χ1v) is 7.03. The molecule has 0 bridgehead atoms. The summed E-state index contributed by atoms with van der Waals surface area (Å²) in [5.74, 6) is 0.605. The van der Waals surface area contributed by atoms with Crippen LogP contribution in [0.4, 0.5) is 4.79 Å². The summed E-state index contributed by atoms with van der Waals surface area (Å²) in [5, 5.41) is 0. The van der Waals surface area contributed by atoms with Crippen LogP contribution in [0.1, 0.15) is 52.4 Å². The molecule has 0 aromatic carbocycles. The Morgan fingerprint density at radius 3 is 2.28 bits per heavy atom. The second-order valence-electron chi connectivity index (χ2n) is 5.82. The first kappa shape index (κ1) is 13.4. The molecule has 1 saturated carbocycles. The fourth-order valence-electron chi connectivity index (χ4n) is 2.95. The first-order chi connectivity index (χ1) is 8.53. The number of Topliss-reactive ketones (excluding diaryl/α,β-unsaturated/α-hetero) is 1. The molecule has 4 nitrogen and oxygen atoms in total. The topological polar surface area (TPSA) is 46.6 Å².